The maximum absolute atomic E-state index is 12.2. The lowest BCUT2D eigenvalue weighted by atomic mass is 9.93. The third kappa shape index (κ3) is 3.86. The van der Waals surface area contributed by atoms with Gasteiger partial charge in [0.15, 0.2) is 0 Å². The Hall–Kier alpha value is -2.34. The van der Waals surface area contributed by atoms with E-state index in [1.165, 1.54) is 0 Å². The number of imide groups is 1. The fraction of sp³-hybridized carbons (Fsp3) is 0.524. The van der Waals surface area contributed by atoms with Crippen molar-refractivity contribution in [1.29, 1.82) is 0 Å². The van der Waals surface area contributed by atoms with Crippen molar-refractivity contribution < 1.29 is 14.7 Å². The number of hydrogen-bond acceptors (Lipinski definition) is 4. The SMILES string of the molecule is CC.CC1(O)CCN(c2cccc3c2ccn3C2CCC(=O)NC2=O)CC1. The molecule has 2 aliphatic rings. The van der Waals surface area contributed by atoms with Gasteiger partial charge >= 0.3 is 0 Å². The molecule has 1 unspecified atom stereocenters. The van der Waals surface area contributed by atoms with Crippen molar-refractivity contribution in [2.75, 3.05) is 18.0 Å². The number of carbonyl (C=O) groups excluding carboxylic acids is 2. The highest BCUT2D eigenvalue weighted by atomic mass is 16.3. The van der Waals surface area contributed by atoms with Crippen molar-refractivity contribution in [3.8, 4) is 0 Å². The zero-order valence-corrected chi connectivity index (χ0v) is 16.4. The van der Waals surface area contributed by atoms with Crippen LogP contribution in [0.5, 0.6) is 0 Å². The normalized spacial score (nSPS) is 22.2. The van der Waals surface area contributed by atoms with Crippen LogP contribution in [0.4, 0.5) is 5.69 Å². The van der Waals surface area contributed by atoms with Crippen LogP contribution in [0.2, 0.25) is 0 Å². The number of benzene rings is 1. The molecule has 0 spiro atoms. The average molecular weight is 371 g/mol. The minimum absolute atomic E-state index is 0.196. The summed E-state index contributed by atoms with van der Waals surface area (Å²) < 4.78 is 1.97. The molecule has 2 N–H and O–H groups in total. The minimum atomic E-state index is -0.580. The van der Waals surface area contributed by atoms with Gasteiger partial charge in [0.2, 0.25) is 11.8 Å². The molecule has 2 amide bonds. The third-order valence-corrected chi connectivity index (χ3v) is 5.47. The summed E-state index contributed by atoms with van der Waals surface area (Å²) in [7, 11) is 0. The molecule has 6 heteroatoms. The third-order valence-electron chi connectivity index (χ3n) is 5.47. The van der Waals surface area contributed by atoms with Gasteiger partial charge in [-0.25, -0.2) is 0 Å². The second kappa shape index (κ2) is 7.72. The van der Waals surface area contributed by atoms with Gasteiger partial charge in [-0.15, -0.1) is 0 Å². The van der Waals surface area contributed by atoms with Crippen LogP contribution in [-0.4, -0.2) is 40.2 Å². The van der Waals surface area contributed by atoms with Crippen molar-refractivity contribution in [3.05, 3.63) is 30.5 Å². The van der Waals surface area contributed by atoms with Gasteiger partial charge in [-0.3, -0.25) is 14.9 Å². The quantitative estimate of drug-likeness (QED) is 0.796. The maximum Gasteiger partial charge on any atom is 0.249 e. The largest absolute Gasteiger partial charge is 0.390 e. The summed E-state index contributed by atoms with van der Waals surface area (Å²) in [6, 6.07) is 7.82. The highest BCUT2D eigenvalue weighted by Gasteiger charge is 2.30. The molecule has 2 fully saturated rings. The van der Waals surface area contributed by atoms with Crippen molar-refractivity contribution >= 4 is 28.4 Å². The fourth-order valence-corrected chi connectivity index (χ4v) is 3.90. The number of anilines is 1. The van der Waals surface area contributed by atoms with Crippen LogP contribution in [0.25, 0.3) is 10.9 Å². The molecule has 2 aromatic rings. The van der Waals surface area contributed by atoms with Crippen LogP contribution in [-0.2, 0) is 9.59 Å². The smallest absolute Gasteiger partial charge is 0.249 e. The molecule has 1 atom stereocenters. The molecule has 6 nitrogen and oxygen atoms in total. The number of carbonyl (C=O) groups is 2. The van der Waals surface area contributed by atoms with E-state index in [0.29, 0.717) is 12.8 Å². The second-order valence-corrected chi connectivity index (χ2v) is 7.38. The first-order valence-corrected chi connectivity index (χ1v) is 9.85. The Morgan fingerprint density at radius 1 is 1.15 bits per heavy atom. The van der Waals surface area contributed by atoms with E-state index < -0.39 is 5.60 Å². The molecule has 2 saturated heterocycles. The average Bonchev–Trinajstić information content (AvgIpc) is 3.08. The zero-order chi connectivity index (χ0) is 19.6. The molecule has 0 bridgehead atoms. The maximum atomic E-state index is 12.2. The highest BCUT2D eigenvalue weighted by molar-refractivity contribution is 6.01. The van der Waals surface area contributed by atoms with Gasteiger partial charge in [-0.05, 0) is 44.4 Å². The van der Waals surface area contributed by atoms with Crippen molar-refractivity contribution in [2.45, 2.75) is 58.1 Å². The summed E-state index contributed by atoms with van der Waals surface area (Å²) in [6.07, 6.45) is 4.34. The topological polar surface area (TPSA) is 74.6 Å². The van der Waals surface area contributed by atoms with Crippen LogP contribution in [0.1, 0.15) is 52.5 Å². The molecule has 146 valence electrons. The fourth-order valence-electron chi connectivity index (χ4n) is 3.90. The Morgan fingerprint density at radius 2 is 1.85 bits per heavy atom. The number of hydrogen-bond donors (Lipinski definition) is 2. The van der Waals surface area contributed by atoms with Crippen LogP contribution in [0.3, 0.4) is 0 Å². The summed E-state index contributed by atoms with van der Waals surface area (Å²) >= 11 is 0. The lowest BCUT2D eigenvalue weighted by Crippen LogP contribution is -2.42. The van der Waals surface area contributed by atoms with Crippen LogP contribution >= 0.6 is 0 Å². The Balaban J connectivity index is 0.00000102. The van der Waals surface area contributed by atoms with Gasteiger partial charge in [-0.2, -0.15) is 0 Å². The van der Waals surface area contributed by atoms with Gasteiger partial charge in [0.1, 0.15) is 6.04 Å². The number of nitrogens with zero attached hydrogens (tertiary/aromatic N) is 2. The summed E-state index contributed by atoms with van der Waals surface area (Å²) in [6.45, 7) is 7.52. The van der Waals surface area contributed by atoms with Crippen LogP contribution < -0.4 is 10.2 Å². The van der Waals surface area contributed by atoms with E-state index in [1.807, 2.05) is 49.7 Å². The molecular weight excluding hydrogens is 342 g/mol. The molecule has 0 radical (unpaired) electrons. The van der Waals surface area contributed by atoms with Gasteiger partial charge in [0.05, 0.1) is 11.1 Å². The van der Waals surface area contributed by atoms with E-state index in [2.05, 4.69) is 16.3 Å². The summed E-state index contributed by atoms with van der Waals surface area (Å²) in [5.41, 5.74) is 1.56. The number of nitrogens with one attached hydrogen (secondary N) is 1. The molecule has 4 rings (SSSR count). The van der Waals surface area contributed by atoms with Crippen molar-refractivity contribution in [3.63, 3.8) is 0 Å². The van der Waals surface area contributed by atoms with Gasteiger partial charge in [-0.1, -0.05) is 19.9 Å². The van der Waals surface area contributed by atoms with E-state index in [1.54, 1.807) is 0 Å². The molecule has 27 heavy (non-hydrogen) atoms. The highest BCUT2D eigenvalue weighted by Crippen LogP contribution is 2.34. The summed E-state index contributed by atoms with van der Waals surface area (Å²) in [4.78, 5) is 25.9. The molecule has 0 saturated carbocycles. The monoisotopic (exact) mass is 371 g/mol. The molecule has 0 aliphatic carbocycles. The first kappa shape index (κ1) is 19.4. The molecule has 1 aromatic heterocycles. The van der Waals surface area contributed by atoms with E-state index in [0.717, 1.165) is 42.5 Å². The Morgan fingerprint density at radius 3 is 2.52 bits per heavy atom. The van der Waals surface area contributed by atoms with E-state index in [4.69, 9.17) is 0 Å². The van der Waals surface area contributed by atoms with Gasteiger partial charge in [0.25, 0.3) is 0 Å². The van der Waals surface area contributed by atoms with Crippen LogP contribution in [0, 0.1) is 0 Å². The van der Waals surface area contributed by atoms with Crippen molar-refractivity contribution in [2.24, 2.45) is 0 Å². The molecule has 3 heterocycles. The van der Waals surface area contributed by atoms with E-state index in [-0.39, 0.29) is 17.9 Å². The van der Waals surface area contributed by atoms with Gasteiger partial charge < -0.3 is 14.6 Å². The first-order valence-electron chi connectivity index (χ1n) is 9.85. The lowest BCUT2D eigenvalue weighted by molar-refractivity contribution is -0.135. The van der Waals surface area contributed by atoms with E-state index >= 15 is 0 Å². The standard InChI is InChI=1S/C19H23N3O3.C2H6/c1-19(25)8-11-21(12-9-19)14-3-2-4-15-13(14)7-10-22(15)16-5-6-17(23)20-18(16)24;1-2/h2-4,7,10,16,25H,5-6,8-9,11-12H2,1H3,(H,20,23,24);1-2H3. The molecule has 1 aromatic carbocycles. The predicted molar refractivity (Wildman–Crippen MR) is 107 cm³/mol. The molecular formula is C21H29N3O3. The van der Waals surface area contributed by atoms with Gasteiger partial charge in [0, 0.05) is 36.8 Å². The molecule has 2 aliphatic heterocycles. The summed E-state index contributed by atoms with van der Waals surface area (Å²) in [5.74, 6) is -0.424. The number of rotatable bonds is 2. The number of aliphatic hydroxyl groups is 1. The zero-order valence-electron chi connectivity index (χ0n) is 16.4. The van der Waals surface area contributed by atoms with Crippen LogP contribution in [0.15, 0.2) is 30.5 Å². The summed E-state index contributed by atoms with van der Waals surface area (Å²) in [5, 5.41) is 13.7. The second-order valence-electron chi connectivity index (χ2n) is 7.38. The number of amides is 2. The predicted octanol–water partition coefficient (Wildman–Crippen LogP) is 3.00. The number of piperidine rings is 2. The minimum Gasteiger partial charge on any atom is -0.390 e. The first-order chi connectivity index (χ1) is 12.9. The van der Waals surface area contributed by atoms with E-state index in [9.17, 15) is 14.7 Å². The number of fused-ring (bicyclic) bond motifs is 1. The van der Waals surface area contributed by atoms with Crippen molar-refractivity contribution in [1.82, 2.24) is 9.88 Å². The Bertz CT molecular complexity index is 830. The number of aromatic nitrogens is 1. The Labute approximate surface area is 160 Å². The lowest BCUT2D eigenvalue weighted by Gasteiger charge is -2.37. The Kier molecular flexibility index (Phi) is 5.56.